The van der Waals surface area contributed by atoms with Crippen LogP contribution in [0.15, 0.2) is 127 Å². The first kappa shape index (κ1) is 30.6. The maximum Gasteiger partial charge on any atom is 0.0462 e. The van der Waals surface area contributed by atoms with E-state index in [0.717, 1.165) is 23.5 Å². The van der Waals surface area contributed by atoms with Crippen LogP contribution in [0.5, 0.6) is 0 Å². The van der Waals surface area contributed by atoms with Gasteiger partial charge in [-0.05, 0) is 108 Å². The van der Waals surface area contributed by atoms with E-state index in [2.05, 4.69) is 196 Å². The van der Waals surface area contributed by atoms with Gasteiger partial charge in [-0.1, -0.05) is 36.4 Å². The number of hydrogen-bond donors (Lipinski definition) is 0. The zero-order valence-electron chi connectivity index (χ0n) is 27.4. The summed E-state index contributed by atoms with van der Waals surface area (Å²) in [7, 11) is 16.6. The summed E-state index contributed by atoms with van der Waals surface area (Å²) in [5.41, 5.74) is 13.2. The van der Waals surface area contributed by atoms with Gasteiger partial charge in [0.05, 0.1) is 0 Å². The fraction of sp³-hybridized carbons (Fsp3) is 0.231. The molecular weight excluding hydrogens is 538 g/mol. The van der Waals surface area contributed by atoms with E-state index in [1.807, 2.05) is 0 Å². The van der Waals surface area contributed by atoms with Crippen molar-refractivity contribution >= 4 is 39.7 Å². The van der Waals surface area contributed by atoms with Crippen LogP contribution in [-0.4, -0.2) is 56.4 Å². The lowest BCUT2D eigenvalue weighted by Crippen LogP contribution is -2.17. The highest BCUT2D eigenvalue weighted by molar-refractivity contribution is 5.86. The van der Waals surface area contributed by atoms with Crippen LogP contribution in [0.2, 0.25) is 0 Å². The molecule has 0 saturated heterocycles. The fourth-order valence-corrected chi connectivity index (χ4v) is 5.52. The number of hydrogen-bond acceptors (Lipinski definition) is 5. The normalized spacial score (nSPS) is 12.5. The second-order valence-electron chi connectivity index (χ2n) is 12.1. The van der Waals surface area contributed by atoms with Gasteiger partial charge in [-0.2, -0.15) is 0 Å². The molecule has 5 rings (SSSR count). The average molecular weight is 584 g/mol. The van der Waals surface area contributed by atoms with Gasteiger partial charge in [-0.25, -0.2) is 0 Å². The molecule has 0 unspecified atom stereocenters. The third kappa shape index (κ3) is 6.68. The van der Waals surface area contributed by atoms with Crippen LogP contribution >= 0.6 is 0 Å². The molecule has 0 heterocycles. The SMILES string of the molecule is CN(C)c1ccc(C(=C2C=CC(N(c3ccc(N(C)C)cc3)c3ccc(N(C)C)cc3)=CC2)c2ccc(N(C)C)cc2)cc1. The van der Waals surface area contributed by atoms with Crippen molar-refractivity contribution in [3.63, 3.8) is 0 Å². The van der Waals surface area contributed by atoms with Crippen LogP contribution in [0, 0.1) is 0 Å². The van der Waals surface area contributed by atoms with Gasteiger partial charge in [0.25, 0.3) is 0 Å². The lowest BCUT2D eigenvalue weighted by Gasteiger charge is -2.29. The Morgan fingerprint density at radius 1 is 0.409 bits per heavy atom. The summed E-state index contributed by atoms with van der Waals surface area (Å²) in [6, 6.07) is 35.4. The summed E-state index contributed by atoms with van der Waals surface area (Å²) in [4.78, 5) is 10.9. The molecule has 226 valence electrons. The van der Waals surface area contributed by atoms with Crippen LogP contribution in [0.1, 0.15) is 17.5 Å². The first-order valence-electron chi connectivity index (χ1n) is 15.1. The van der Waals surface area contributed by atoms with Gasteiger partial charge in [0.2, 0.25) is 0 Å². The standard InChI is InChI=1S/C39H45N5/c1-40(2)32-15-9-29(10-16-32)39(30-11-17-33(18-12-30)41(3)4)31-13-19-36(20-14-31)44(37-25-21-34(22-26-37)42(5)6)38-27-23-35(24-28-38)43(7)8/h9-13,15-28H,14H2,1-8H3. The molecule has 0 fully saturated rings. The second kappa shape index (κ2) is 13.2. The summed E-state index contributed by atoms with van der Waals surface area (Å²) in [6.07, 6.45) is 7.76. The molecule has 0 radical (unpaired) electrons. The van der Waals surface area contributed by atoms with E-state index in [1.54, 1.807) is 0 Å². The van der Waals surface area contributed by atoms with Crippen molar-refractivity contribution in [1.29, 1.82) is 0 Å². The molecule has 4 aromatic carbocycles. The first-order valence-corrected chi connectivity index (χ1v) is 15.1. The van der Waals surface area contributed by atoms with Crippen molar-refractivity contribution in [1.82, 2.24) is 0 Å². The van der Waals surface area contributed by atoms with E-state index in [9.17, 15) is 0 Å². The van der Waals surface area contributed by atoms with E-state index in [4.69, 9.17) is 0 Å². The van der Waals surface area contributed by atoms with Crippen molar-refractivity contribution in [2.75, 3.05) is 80.9 Å². The van der Waals surface area contributed by atoms with Gasteiger partial charge in [-0.3, -0.25) is 0 Å². The Morgan fingerprint density at radius 3 is 1.02 bits per heavy atom. The molecule has 0 aromatic heterocycles. The van der Waals surface area contributed by atoms with Crippen molar-refractivity contribution in [2.24, 2.45) is 0 Å². The molecule has 1 aliphatic rings. The molecule has 0 bridgehead atoms. The molecule has 0 spiro atoms. The lowest BCUT2D eigenvalue weighted by molar-refractivity contribution is 1.11. The van der Waals surface area contributed by atoms with Gasteiger partial charge >= 0.3 is 0 Å². The highest BCUT2D eigenvalue weighted by Gasteiger charge is 2.18. The van der Waals surface area contributed by atoms with Gasteiger partial charge in [0, 0.05) is 96.2 Å². The largest absolute Gasteiger partial charge is 0.378 e. The molecule has 0 saturated carbocycles. The maximum atomic E-state index is 2.36. The van der Waals surface area contributed by atoms with E-state index >= 15 is 0 Å². The van der Waals surface area contributed by atoms with Crippen molar-refractivity contribution in [3.8, 4) is 0 Å². The maximum absolute atomic E-state index is 2.36. The fourth-order valence-electron chi connectivity index (χ4n) is 5.52. The number of benzene rings is 4. The predicted octanol–water partition coefficient (Wildman–Crippen LogP) is 8.43. The summed E-state index contributed by atoms with van der Waals surface area (Å²) < 4.78 is 0. The van der Waals surface area contributed by atoms with Crippen molar-refractivity contribution in [3.05, 3.63) is 138 Å². The summed E-state index contributed by atoms with van der Waals surface area (Å²) in [5, 5.41) is 0. The summed E-state index contributed by atoms with van der Waals surface area (Å²) in [6.45, 7) is 0. The number of anilines is 6. The van der Waals surface area contributed by atoms with E-state index < -0.39 is 0 Å². The summed E-state index contributed by atoms with van der Waals surface area (Å²) in [5.74, 6) is 0. The van der Waals surface area contributed by atoms with E-state index in [-0.39, 0.29) is 0 Å². The van der Waals surface area contributed by atoms with Crippen LogP contribution in [-0.2, 0) is 0 Å². The minimum Gasteiger partial charge on any atom is -0.378 e. The Balaban J connectivity index is 1.56. The smallest absolute Gasteiger partial charge is 0.0462 e. The van der Waals surface area contributed by atoms with E-state index in [0.29, 0.717) is 0 Å². The first-order chi connectivity index (χ1) is 21.1. The minimum atomic E-state index is 0.827. The third-order valence-electron chi connectivity index (χ3n) is 8.16. The monoisotopic (exact) mass is 583 g/mol. The lowest BCUT2D eigenvalue weighted by atomic mass is 9.89. The Kier molecular flexibility index (Phi) is 9.15. The number of allylic oxidation sites excluding steroid dienone is 4. The molecule has 0 amide bonds. The zero-order chi connectivity index (χ0) is 31.4. The minimum absolute atomic E-state index is 0.827. The number of nitrogens with zero attached hydrogens (tertiary/aromatic N) is 5. The Morgan fingerprint density at radius 2 is 0.727 bits per heavy atom. The summed E-state index contributed by atoms with van der Waals surface area (Å²) >= 11 is 0. The van der Waals surface area contributed by atoms with Crippen LogP contribution in [0.3, 0.4) is 0 Å². The predicted molar refractivity (Wildman–Crippen MR) is 193 cm³/mol. The van der Waals surface area contributed by atoms with Gasteiger partial charge in [-0.15, -0.1) is 0 Å². The molecule has 5 nitrogen and oxygen atoms in total. The second-order valence-corrected chi connectivity index (χ2v) is 12.1. The molecule has 5 heteroatoms. The van der Waals surface area contributed by atoms with E-state index in [1.165, 1.54) is 45.0 Å². The van der Waals surface area contributed by atoms with Crippen LogP contribution < -0.4 is 24.5 Å². The Hall–Kier alpha value is -4.90. The number of rotatable bonds is 9. The topological polar surface area (TPSA) is 16.2 Å². The third-order valence-corrected chi connectivity index (χ3v) is 8.16. The van der Waals surface area contributed by atoms with Crippen molar-refractivity contribution < 1.29 is 0 Å². The molecule has 0 N–H and O–H groups in total. The molecule has 0 atom stereocenters. The molecule has 44 heavy (non-hydrogen) atoms. The van der Waals surface area contributed by atoms with Gasteiger partial charge in [0.1, 0.15) is 0 Å². The molecule has 4 aromatic rings. The average Bonchev–Trinajstić information content (AvgIpc) is 3.03. The Labute approximate surface area is 264 Å². The van der Waals surface area contributed by atoms with Crippen molar-refractivity contribution in [2.45, 2.75) is 6.42 Å². The molecule has 0 aliphatic heterocycles. The zero-order valence-corrected chi connectivity index (χ0v) is 27.4. The highest BCUT2D eigenvalue weighted by Crippen LogP contribution is 2.38. The molecular formula is C39H45N5. The van der Waals surface area contributed by atoms with Crippen LogP contribution in [0.4, 0.5) is 34.1 Å². The quantitative estimate of drug-likeness (QED) is 0.196. The molecule has 1 aliphatic carbocycles. The van der Waals surface area contributed by atoms with Gasteiger partial charge in [0.15, 0.2) is 0 Å². The highest BCUT2D eigenvalue weighted by atomic mass is 15.2. The van der Waals surface area contributed by atoms with Gasteiger partial charge < -0.3 is 24.5 Å². The van der Waals surface area contributed by atoms with Crippen LogP contribution in [0.25, 0.3) is 5.57 Å². The Bertz CT molecular complexity index is 1530.